The Morgan fingerprint density at radius 1 is 1.03 bits per heavy atom. The number of rotatable bonds is 10. The number of aliphatic carboxylic acids is 2. The topological polar surface area (TPSA) is 142 Å². The van der Waals surface area contributed by atoms with Crippen molar-refractivity contribution in [3.8, 4) is 5.75 Å². The molecule has 4 N–H and O–H groups in total. The van der Waals surface area contributed by atoms with Gasteiger partial charge in [0.05, 0.1) is 5.56 Å². The Morgan fingerprint density at radius 2 is 1.74 bits per heavy atom. The van der Waals surface area contributed by atoms with E-state index in [2.05, 4.69) is 10.6 Å². The number of carboxylic acid groups (broad SMARTS) is 2. The standard InChI is InChI=1S/C21H21FN2O7/c22-15-3-1-2-14(12-15)20(29)31-16-6-4-13(5-7-16)10-11-23-21(30)24-17(19(27)28)8-9-18(25)26/h1-7,12,17H,8-11H2,(H,25,26)(H,27,28)(H2,23,24,30)/t17-/m0/s1. The van der Waals surface area contributed by atoms with Gasteiger partial charge in [0.25, 0.3) is 0 Å². The molecule has 0 radical (unpaired) electrons. The number of hydrogen-bond acceptors (Lipinski definition) is 5. The van der Waals surface area contributed by atoms with Crippen LogP contribution in [0, 0.1) is 5.82 Å². The first kappa shape index (κ1) is 23.3. The van der Waals surface area contributed by atoms with Gasteiger partial charge in [0.2, 0.25) is 0 Å². The summed E-state index contributed by atoms with van der Waals surface area (Å²) in [5.41, 5.74) is 0.897. The predicted octanol–water partition coefficient (Wildman–Crippen LogP) is 2.20. The van der Waals surface area contributed by atoms with E-state index in [-0.39, 0.29) is 30.7 Å². The molecule has 2 rings (SSSR count). The first-order valence-electron chi connectivity index (χ1n) is 9.30. The van der Waals surface area contributed by atoms with E-state index < -0.39 is 35.8 Å². The fourth-order valence-electron chi connectivity index (χ4n) is 2.56. The molecule has 164 valence electrons. The van der Waals surface area contributed by atoms with Crippen LogP contribution < -0.4 is 15.4 Å². The van der Waals surface area contributed by atoms with Gasteiger partial charge in [-0.2, -0.15) is 0 Å². The minimum absolute atomic E-state index is 0.0855. The smallest absolute Gasteiger partial charge is 0.343 e. The largest absolute Gasteiger partial charge is 0.481 e. The van der Waals surface area contributed by atoms with Crippen molar-refractivity contribution in [2.45, 2.75) is 25.3 Å². The van der Waals surface area contributed by atoms with Crippen LogP contribution in [0.3, 0.4) is 0 Å². The van der Waals surface area contributed by atoms with Crippen molar-refractivity contribution in [2.24, 2.45) is 0 Å². The van der Waals surface area contributed by atoms with Gasteiger partial charge in [-0.25, -0.2) is 18.8 Å². The lowest BCUT2D eigenvalue weighted by Gasteiger charge is -2.14. The van der Waals surface area contributed by atoms with E-state index in [1.54, 1.807) is 24.3 Å². The third-order valence-electron chi connectivity index (χ3n) is 4.14. The van der Waals surface area contributed by atoms with Crippen molar-refractivity contribution >= 4 is 23.9 Å². The van der Waals surface area contributed by atoms with Crippen LogP contribution in [0.5, 0.6) is 5.75 Å². The molecule has 0 aliphatic heterocycles. The zero-order valence-corrected chi connectivity index (χ0v) is 16.3. The Morgan fingerprint density at radius 3 is 2.35 bits per heavy atom. The van der Waals surface area contributed by atoms with Crippen LogP contribution in [-0.4, -0.2) is 46.7 Å². The summed E-state index contributed by atoms with van der Waals surface area (Å²) in [5.74, 6) is -3.44. The summed E-state index contributed by atoms with van der Waals surface area (Å²) in [6.45, 7) is 0.194. The molecule has 2 aromatic carbocycles. The van der Waals surface area contributed by atoms with Crippen molar-refractivity contribution in [2.75, 3.05) is 6.54 Å². The number of nitrogens with one attached hydrogen (secondary N) is 2. The van der Waals surface area contributed by atoms with Gasteiger partial charge in [-0.1, -0.05) is 18.2 Å². The van der Waals surface area contributed by atoms with Crippen LogP contribution >= 0.6 is 0 Å². The fraction of sp³-hybridized carbons (Fsp3) is 0.238. The molecule has 0 aromatic heterocycles. The highest BCUT2D eigenvalue weighted by atomic mass is 19.1. The van der Waals surface area contributed by atoms with Crippen LogP contribution in [-0.2, 0) is 16.0 Å². The Kier molecular flexibility index (Phi) is 8.50. The molecule has 9 nitrogen and oxygen atoms in total. The van der Waals surface area contributed by atoms with Crippen molar-refractivity contribution in [1.29, 1.82) is 0 Å². The average Bonchev–Trinajstić information content (AvgIpc) is 2.72. The zero-order chi connectivity index (χ0) is 22.8. The van der Waals surface area contributed by atoms with Crippen LogP contribution in [0.1, 0.15) is 28.8 Å². The second-order valence-electron chi connectivity index (χ2n) is 6.52. The monoisotopic (exact) mass is 432 g/mol. The van der Waals surface area contributed by atoms with Gasteiger partial charge in [-0.15, -0.1) is 0 Å². The molecule has 0 heterocycles. The van der Waals surface area contributed by atoms with E-state index in [9.17, 15) is 23.6 Å². The number of carbonyl (C=O) groups excluding carboxylic acids is 2. The fourth-order valence-corrected chi connectivity index (χ4v) is 2.56. The lowest BCUT2D eigenvalue weighted by molar-refractivity contribution is -0.140. The molecule has 1 atom stereocenters. The molecule has 0 aliphatic carbocycles. The van der Waals surface area contributed by atoms with Gasteiger partial charge in [0, 0.05) is 13.0 Å². The molecule has 0 saturated carbocycles. The summed E-state index contributed by atoms with van der Waals surface area (Å²) in [5, 5.41) is 22.3. The molecule has 2 aromatic rings. The SMILES string of the molecule is O=C(O)CC[C@H](NC(=O)NCCc1ccc(OC(=O)c2cccc(F)c2)cc1)C(=O)O. The highest BCUT2D eigenvalue weighted by molar-refractivity contribution is 5.91. The Labute approximate surface area is 176 Å². The quantitative estimate of drug-likeness (QED) is 0.333. The summed E-state index contributed by atoms with van der Waals surface area (Å²) in [6.07, 6.45) is -0.195. The van der Waals surface area contributed by atoms with Crippen molar-refractivity contribution in [3.63, 3.8) is 0 Å². The van der Waals surface area contributed by atoms with Gasteiger partial charge in [-0.3, -0.25) is 4.79 Å². The maximum Gasteiger partial charge on any atom is 0.343 e. The number of ether oxygens (including phenoxy) is 1. The summed E-state index contributed by atoms with van der Waals surface area (Å²) in [7, 11) is 0. The van der Waals surface area contributed by atoms with E-state index in [4.69, 9.17) is 14.9 Å². The molecule has 0 unspecified atom stereocenters. The third-order valence-corrected chi connectivity index (χ3v) is 4.14. The molecule has 10 heteroatoms. The van der Waals surface area contributed by atoms with Gasteiger partial charge in [0.1, 0.15) is 17.6 Å². The molecule has 0 aliphatic rings. The van der Waals surface area contributed by atoms with E-state index in [1.807, 2.05) is 0 Å². The number of carbonyl (C=O) groups is 4. The minimum Gasteiger partial charge on any atom is -0.481 e. The molecular weight excluding hydrogens is 411 g/mol. The molecule has 0 spiro atoms. The van der Waals surface area contributed by atoms with Gasteiger partial charge in [-0.05, 0) is 48.7 Å². The normalized spacial score (nSPS) is 11.3. The number of halogens is 1. The number of carboxylic acids is 2. The van der Waals surface area contributed by atoms with Crippen LogP contribution in [0.15, 0.2) is 48.5 Å². The number of amides is 2. The second-order valence-corrected chi connectivity index (χ2v) is 6.52. The lowest BCUT2D eigenvalue weighted by atomic mass is 10.1. The van der Waals surface area contributed by atoms with Gasteiger partial charge < -0.3 is 25.6 Å². The molecular formula is C21H21FN2O7. The van der Waals surface area contributed by atoms with E-state index >= 15 is 0 Å². The summed E-state index contributed by atoms with van der Waals surface area (Å²) in [4.78, 5) is 45.4. The predicted molar refractivity (Wildman–Crippen MR) is 106 cm³/mol. The molecule has 31 heavy (non-hydrogen) atoms. The zero-order valence-electron chi connectivity index (χ0n) is 16.3. The highest BCUT2D eigenvalue weighted by Gasteiger charge is 2.20. The second kappa shape index (κ2) is 11.3. The van der Waals surface area contributed by atoms with Crippen molar-refractivity contribution < 1.29 is 38.5 Å². The molecule has 2 amide bonds. The molecule has 0 saturated heterocycles. The summed E-state index contributed by atoms with van der Waals surface area (Å²) >= 11 is 0. The summed E-state index contributed by atoms with van der Waals surface area (Å²) in [6, 6.07) is 9.58. The van der Waals surface area contributed by atoms with E-state index in [0.29, 0.717) is 6.42 Å². The maximum atomic E-state index is 13.2. The summed E-state index contributed by atoms with van der Waals surface area (Å²) < 4.78 is 18.4. The lowest BCUT2D eigenvalue weighted by Crippen LogP contribution is -2.46. The maximum absolute atomic E-state index is 13.2. The highest BCUT2D eigenvalue weighted by Crippen LogP contribution is 2.15. The number of hydrogen-bond donors (Lipinski definition) is 4. The Bertz CT molecular complexity index is 947. The van der Waals surface area contributed by atoms with E-state index in [1.165, 1.54) is 18.2 Å². The molecule has 0 bridgehead atoms. The average molecular weight is 432 g/mol. The van der Waals surface area contributed by atoms with Crippen LogP contribution in [0.25, 0.3) is 0 Å². The Hall–Kier alpha value is -3.95. The van der Waals surface area contributed by atoms with E-state index in [0.717, 1.165) is 11.6 Å². The third kappa shape index (κ3) is 8.13. The van der Waals surface area contributed by atoms with Gasteiger partial charge in [0.15, 0.2) is 0 Å². The van der Waals surface area contributed by atoms with Crippen LogP contribution in [0.2, 0.25) is 0 Å². The van der Waals surface area contributed by atoms with Gasteiger partial charge >= 0.3 is 23.9 Å². The first-order valence-corrected chi connectivity index (χ1v) is 9.30. The van der Waals surface area contributed by atoms with Crippen molar-refractivity contribution in [1.82, 2.24) is 10.6 Å². The number of esters is 1. The number of urea groups is 1. The minimum atomic E-state index is -1.32. The first-order chi connectivity index (χ1) is 14.7. The molecule has 0 fully saturated rings. The number of benzene rings is 2. The van der Waals surface area contributed by atoms with Crippen molar-refractivity contribution in [3.05, 3.63) is 65.5 Å². The Balaban J connectivity index is 1.78. The van der Waals surface area contributed by atoms with Crippen LogP contribution in [0.4, 0.5) is 9.18 Å².